The number of nitrogens with zero attached hydrogens (tertiary/aromatic N) is 4. The molecule has 1 atom stereocenters. The topological polar surface area (TPSA) is 85.8 Å². The summed E-state index contributed by atoms with van der Waals surface area (Å²) in [6.45, 7) is 6.26. The van der Waals surface area contributed by atoms with Crippen molar-refractivity contribution in [3.05, 3.63) is 53.4 Å². The van der Waals surface area contributed by atoms with E-state index in [1.54, 1.807) is 16.9 Å². The summed E-state index contributed by atoms with van der Waals surface area (Å²) in [5, 5.41) is 15.9. The van der Waals surface area contributed by atoms with Gasteiger partial charge in [0.2, 0.25) is 11.8 Å². The van der Waals surface area contributed by atoms with Crippen molar-refractivity contribution in [2.24, 2.45) is 5.41 Å². The quantitative estimate of drug-likeness (QED) is 0.599. The van der Waals surface area contributed by atoms with Crippen molar-refractivity contribution in [3.8, 4) is 5.69 Å². The molecule has 9 heteroatoms. The van der Waals surface area contributed by atoms with E-state index >= 15 is 0 Å². The fourth-order valence-corrected chi connectivity index (χ4v) is 4.40. The van der Waals surface area contributed by atoms with Crippen LogP contribution < -0.4 is 5.32 Å². The highest BCUT2D eigenvalue weighted by Crippen LogP contribution is 2.41. The van der Waals surface area contributed by atoms with Crippen molar-refractivity contribution < 1.29 is 13.6 Å². The Balaban J connectivity index is 1.51. The second-order valence-electron chi connectivity index (χ2n) is 8.21. The first-order valence-corrected chi connectivity index (χ1v) is 10.9. The van der Waals surface area contributed by atoms with Crippen LogP contribution in [0.2, 0.25) is 0 Å². The Hall–Kier alpha value is -2.68. The van der Waals surface area contributed by atoms with E-state index in [1.807, 2.05) is 13.0 Å². The largest absolute Gasteiger partial charge is 0.416 e. The van der Waals surface area contributed by atoms with Gasteiger partial charge in [-0.25, -0.2) is 9.07 Å². The van der Waals surface area contributed by atoms with Crippen LogP contribution >= 0.6 is 11.8 Å². The lowest BCUT2D eigenvalue weighted by Gasteiger charge is -2.36. The SMILES string of the molecule is CCc1nnc(SCC(=O)NC2CC(C)(C)Cc3c2cnn3-c2cccc(F)c2)o1. The fourth-order valence-electron chi connectivity index (χ4n) is 3.80. The summed E-state index contributed by atoms with van der Waals surface area (Å²) in [6, 6.07) is 6.22. The highest BCUT2D eigenvalue weighted by Gasteiger charge is 2.36. The molecule has 0 radical (unpaired) electrons. The predicted molar refractivity (Wildman–Crippen MR) is 111 cm³/mol. The van der Waals surface area contributed by atoms with Crippen LogP contribution in [-0.2, 0) is 17.6 Å². The molecule has 0 saturated heterocycles. The van der Waals surface area contributed by atoms with Gasteiger partial charge in [0, 0.05) is 12.0 Å². The first kappa shape index (κ1) is 20.6. The van der Waals surface area contributed by atoms with Gasteiger partial charge in [0.25, 0.3) is 5.22 Å². The zero-order valence-electron chi connectivity index (χ0n) is 17.2. The molecule has 1 unspecified atom stereocenters. The number of halogens is 1. The number of aryl methyl sites for hydroxylation is 1. The molecule has 1 aliphatic rings. The first-order valence-electron chi connectivity index (χ1n) is 9.92. The van der Waals surface area contributed by atoms with Crippen molar-refractivity contribution in [3.63, 3.8) is 0 Å². The number of hydrogen-bond donors (Lipinski definition) is 1. The van der Waals surface area contributed by atoms with Crippen LogP contribution in [0.1, 0.15) is 50.4 Å². The molecule has 0 bridgehead atoms. The van der Waals surface area contributed by atoms with Crippen LogP contribution in [0.5, 0.6) is 0 Å². The molecule has 3 aromatic rings. The Labute approximate surface area is 178 Å². The molecule has 0 fully saturated rings. The molecule has 1 amide bonds. The van der Waals surface area contributed by atoms with Gasteiger partial charge in [-0.3, -0.25) is 4.79 Å². The van der Waals surface area contributed by atoms with Gasteiger partial charge in [-0.2, -0.15) is 5.10 Å². The molecular weight excluding hydrogens is 405 g/mol. The molecule has 4 rings (SSSR count). The summed E-state index contributed by atoms with van der Waals surface area (Å²) in [7, 11) is 0. The van der Waals surface area contributed by atoms with Gasteiger partial charge < -0.3 is 9.73 Å². The molecular formula is C21H24FN5O2S. The second-order valence-corrected chi connectivity index (χ2v) is 9.13. The summed E-state index contributed by atoms with van der Waals surface area (Å²) in [6.07, 6.45) is 4.03. The number of aromatic nitrogens is 4. The molecule has 0 saturated carbocycles. The first-order chi connectivity index (χ1) is 14.3. The standard InChI is InChI=1S/C21H24FN5O2S/c1-4-19-25-26-20(29-19)30-12-18(28)24-16-9-21(2,3)10-17-15(16)11-23-27(17)14-7-5-6-13(22)8-14/h5-8,11,16H,4,9-10,12H2,1-3H3,(H,24,28). The molecule has 1 N–H and O–H groups in total. The molecule has 1 aliphatic carbocycles. The van der Waals surface area contributed by atoms with Crippen molar-refractivity contribution in [1.29, 1.82) is 0 Å². The van der Waals surface area contributed by atoms with Crippen molar-refractivity contribution >= 4 is 17.7 Å². The Morgan fingerprint density at radius 3 is 2.97 bits per heavy atom. The lowest BCUT2D eigenvalue weighted by Crippen LogP contribution is -2.37. The third kappa shape index (κ3) is 4.40. The molecule has 2 heterocycles. The number of carbonyl (C=O) groups excluding carboxylic acids is 1. The lowest BCUT2D eigenvalue weighted by atomic mass is 9.74. The van der Waals surface area contributed by atoms with Crippen molar-refractivity contribution in [1.82, 2.24) is 25.3 Å². The maximum atomic E-state index is 13.7. The Morgan fingerprint density at radius 1 is 1.40 bits per heavy atom. The number of amides is 1. The average Bonchev–Trinajstić information content (AvgIpc) is 3.32. The van der Waals surface area contributed by atoms with Gasteiger partial charge in [-0.15, -0.1) is 10.2 Å². The molecule has 7 nitrogen and oxygen atoms in total. The minimum Gasteiger partial charge on any atom is -0.416 e. The van der Waals surface area contributed by atoms with Gasteiger partial charge in [0.05, 0.1) is 29.4 Å². The number of thioether (sulfide) groups is 1. The van der Waals surface area contributed by atoms with Crippen LogP contribution in [0.4, 0.5) is 4.39 Å². The van der Waals surface area contributed by atoms with Gasteiger partial charge >= 0.3 is 0 Å². The highest BCUT2D eigenvalue weighted by atomic mass is 32.2. The summed E-state index contributed by atoms with van der Waals surface area (Å²) in [4.78, 5) is 12.6. The Bertz CT molecular complexity index is 1060. The number of fused-ring (bicyclic) bond motifs is 1. The summed E-state index contributed by atoms with van der Waals surface area (Å²) in [5.41, 5.74) is 2.62. The zero-order valence-corrected chi connectivity index (χ0v) is 18.0. The highest BCUT2D eigenvalue weighted by molar-refractivity contribution is 7.99. The van der Waals surface area contributed by atoms with Crippen molar-refractivity contribution in [2.45, 2.75) is 51.3 Å². The minimum absolute atomic E-state index is 0.0360. The average molecular weight is 430 g/mol. The molecule has 0 aliphatic heterocycles. The number of benzene rings is 1. The van der Waals surface area contributed by atoms with E-state index in [9.17, 15) is 9.18 Å². The minimum atomic E-state index is -0.305. The third-order valence-corrected chi connectivity index (χ3v) is 5.96. The van der Waals surface area contributed by atoms with Gasteiger partial charge in [-0.05, 0) is 36.5 Å². The van der Waals surface area contributed by atoms with E-state index in [4.69, 9.17) is 4.42 Å². The normalized spacial score (nSPS) is 17.5. The molecule has 158 valence electrons. The van der Waals surface area contributed by atoms with Crippen LogP contribution in [0.3, 0.4) is 0 Å². The van der Waals surface area contributed by atoms with E-state index in [-0.39, 0.29) is 28.9 Å². The molecule has 2 aromatic heterocycles. The maximum Gasteiger partial charge on any atom is 0.277 e. The van der Waals surface area contributed by atoms with Crippen LogP contribution in [0.15, 0.2) is 40.1 Å². The summed E-state index contributed by atoms with van der Waals surface area (Å²) < 4.78 is 20.9. The van der Waals surface area contributed by atoms with E-state index in [2.05, 4.69) is 34.5 Å². The van der Waals surface area contributed by atoms with E-state index < -0.39 is 0 Å². The van der Waals surface area contributed by atoms with E-state index in [0.717, 1.165) is 24.1 Å². The lowest BCUT2D eigenvalue weighted by molar-refractivity contribution is -0.119. The number of carbonyl (C=O) groups is 1. The molecule has 0 spiro atoms. The number of rotatable bonds is 6. The fraction of sp³-hybridized carbons (Fsp3) is 0.429. The van der Waals surface area contributed by atoms with E-state index in [1.165, 1.54) is 23.9 Å². The van der Waals surface area contributed by atoms with Crippen LogP contribution in [-0.4, -0.2) is 31.6 Å². The van der Waals surface area contributed by atoms with E-state index in [0.29, 0.717) is 23.2 Å². The zero-order chi connectivity index (χ0) is 21.3. The summed E-state index contributed by atoms with van der Waals surface area (Å²) >= 11 is 1.22. The molecule has 30 heavy (non-hydrogen) atoms. The van der Waals surface area contributed by atoms with Crippen LogP contribution in [0.25, 0.3) is 5.69 Å². The predicted octanol–water partition coefficient (Wildman–Crippen LogP) is 3.88. The summed E-state index contributed by atoms with van der Waals surface area (Å²) in [5.74, 6) is 0.334. The van der Waals surface area contributed by atoms with Crippen molar-refractivity contribution in [2.75, 3.05) is 5.75 Å². The Kier molecular flexibility index (Phi) is 5.64. The van der Waals surface area contributed by atoms with Gasteiger partial charge in [-0.1, -0.05) is 38.6 Å². The maximum absolute atomic E-state index is 13.7. The number of hydrogen-bond acceptors (Lipinski definition) is 6. The monoisotopic (exact) mass is 429 g/mol. The Morgan fingerprint density at radius 2 is 2.23 bits per heavy atom. The smallest absolute Gasteiger partial charge is 0.277 e. The van der Waals surface area contributed by atoms with Gasteiger partial charge in [0.1, 0.15) is 5.82 Å². The molecule has 1 aromatic carbocycles. The third-order valence-electron chi connectivity index (χ3n) is 5.14. The second kappa shape index (κ2) is 8.22. The van der Waals surface area contributed by atoms with Gasteiger partial charge in [0.15, 0.2) is 0 Å². The van der Waals surface area contributed by atoms with Crippen LogP contribution in [0, 0.1) is 11.2 Å². The number of nitrogens with one attached hydrogen (secondary N) is 1.